The molecule has 0 unspecified atom stereocenters. The van der Waals surface area contributed by atoms with E-state index < -0.39 is 0 Å². The van der Waals surface area contributed by atoms with E-state index in [1.54, 1.807) is 26.0 Å². The molecule has 2 rings (SSSR count). The Morgan fingerprint density at radius 3 is 1.34 bits per heavy atom. The lowest BCUT2D eigenvalue weighted by atomic mass is 10.2. The van der Waals surface area contributed by atoms with Crippen molar-refractivity contribution in [1.82, 2.24) is 0 Å². The van der Waals surface area contributed by atoms with Gasteiger partial charge in [-0.2, -0.15) is 0 Å². The molecule has 0 atom stereocenters. The van der Waals surface area contributed by atoms with Crippen LogP contribution in [0.4, 0.5) is 11.4 Å². The molecule has 2 amide bonds. The first-order valence-electron chi connectivity index (χ1n) is 12.6. The van der Waals surface area contributed by atoms with Crippen molar-refractivity contribution in [3.8, 4) is 0 Å². The van der Waals surface area contributed by atoms with Crippen molar-refractivity contribution in [2.45, 2.75) is 41.5 Å². The van der Waals surface area contributed by atoms with Gasteiger partial charge in [-0.25, -0.2) is 0 Å². The normalized spacial score (nSPS) is 13.5. The average molecular weight is 507 g/mol. The number of amides is 2. The van der Waals surface area contributed by atoms with Crippen molar-refractivity contribution in [2.24, 2.45) is 0 Å². The molecule has 0 fully saturated rings. The van der Waals surface area contributed by atoms with Crippen LogP contribution in [0.25, 0.3) is 0 Å². The van der Waals surface area contributed by atoms with Crippen LogP contribution in [0.2, 0.25) is 0 Å². The van der Waals surface area contributed by atoms with Gasteiger partial charge in [0.1, 0.15) is 0 Å². The Morgan fingerprint density at radius 2 is 0.974 bits per heavy atom. The van der Waals surface area contributed by atoms with E-state index in [9.17, 15) is 9.59 Å². The molecule has 0 saturated heterocycles. The third-order valence-corrected chi connectivity index (χ3v) is 5.51. The highest BCUT2D eigenvalue weighted by atomic mass is 16.2. The molecule has 4 heteroatoms. The van der Waals surface area contributed by atoms with Crippen LogP contribution in [0.3, 0.4) is 0 Å². The lowest BCUT2D eigenvalue weighted by Gasteiger charge is -2.05. The van der Waals surface area contributed by atoms with Gasteiger partial charge in [-0.3, -0.25) is 9.59 Å². The molecule has 38 heavy (non-hydrogen) atoms. The Balaban J connectivity index is 1.84. The van der Waals surface area contributed by atoms with Crippen LogP contribution >= 0.6 is 0 Å². The number of aryl methyl sites for hydroxylation is 2. The lowest BCUT2D eigenvalue weighted by molar-refractivity contribution is -0.113. The first-order chi connectivity index (χ1) is 18.1. The fourth-order valence-corrected chi connectivity index (χ4v) is 3.27. The molecule has 0 heterocycles. The minimum absolute atomic E-state index is 0.118. The predicted octanol–water partition coefficient (Wildman–Crippen LogP) is 8.33. The Hall–Kier alpha value is -4.44. The van der Waals surface area contributed by atoms with Crippen LogP contribution < -0.4 is 10.6 Å². The summed E-state index contributed by atoms with van der Waals surface area (Å²) in [5.74, 6) is -0.236. The number of hydrogen-bond acceptors (Lipinski definition) is 2. The standard InChI is InChI=1S/C34H38N2O2/c1-25(15-9-19-29(5)33(37)35-31-21-11-17-27(3)23-31)13-7-8-14-26(2)16-10-20-30(6)34(38)36-32-22-12-18-28(4)24-32/h7-24H,1-6H3,(H,35,37)(H,36,38)/b8-7+,15-9+,16-10+,25-13+,26-14+,29-19+,30-20+. The summed E-state index contributed by atoms with van der Waals surface area (Å²) < 4.78 is 0. The van der Waals surface area contributed by atoms with Crippen LogP contribution in [0.15, 0.2) is 132 Å². The Labute approximate surface area is 227 Å². The number of anilines is 2. The number of rotatable bonds is 10. The molecule has 0 aliphatic heterocycles. The molecule has 2 N–H and O–H groups in total. The number of nitrogens with one attached hydrogen (secondary N) is 2. The van der Waals surface area contributed by atoms with Gasteiger partial charge in [-0.05, 0) is 76.9 Å². The van der Waals surface area contributed by atoms with Crippen LogP contribution in [-0.4, -0.2) is 11.8 Å². The van der Waals surface area contributed by atoms with Crippen molar-refractivity contribution < 1.29 is 9.59 Å². The maximum absolute atomic E-state index is 12.3. The summed E-state index contributed by atoms with van der Waals surface area (Å²) in [5, 5.41) is 5.82. The van der Waals surface area contributed by atoms with E-state index in [1.165, 1.54) is 0 Å². The fraction of sp³-hybridized carbons (Fsp3) is 0.176. The highest BCUT2D eigenvalue weighted by Crippen LogP contribution is 2.12. The summed E-state index contributed by atoms with van der Waals surface area (Å²) in [6.45, 7) is 11.6. The zero-order valence-electron chi connectivity index (χ0n) is 23.2. The van der Waals surface area contributed by atoms with E-state index in [0.717, 1.165) is 33.6 Å². The SMILES string of the molecule is CC(/C=C/C=C(\C)C(=O)Nc1cccc(C)c1)=C\C=C\C=C(C)\C=C\C=C(/C)C(=O)Nc1cccc(C)c1. The van der Waals surface area contributed by atoms with E-state index in [-0.39, 0.29) is 11.8 Å². The zero-order valence-corrected chi connectivity index (χ0v) is 23.2. The second-order valence-corrected chi connectivity index (χ2v) is 9.27. The second-order valence-electron chi connectivity index (χ2n) is 9.27. The number of benzene rings is 2. The van der Waals surface area contributed by atoms with E-state index in [2.05, 4.69) is 10.6 Å². The number of allylic oxidation sites excluding steroid dienone is 12. The monoisotopic (exact) mass is 506 g/mol. The molecule has 2 aromatic rings. The zero-order chi connectivity index (χ0) is 27.9. The van der Waals surface area contributed by atoms with E-state index in [4.69, 9.17) is 0 Å². The molecule has 4 nitrogen and oxygen atoms in total. The summed E-state index contributed by atoms with van der Waals surface area (Å²) in [6, 6.07) is 15.5. The van der Waals surface area contributed by atoms with Crippen LogP contribution in [0.5, 0.6) is 0 Å². The van der Waals surface area contributed by atoms with Gasteiger partial charge in [0.2, 0.25) is 0 Å². The van der Waals surface area contributed by atoms with Gasteiger partial charge in [0.15, 0.2) is 0 Å². The van der Waals surface area contributed by atoms with Crippen LogP contribution in [0.1, 0.15) is 38.8 Å². The van der Waals surface area contributed by atoms with Crippen molar-refractivity contribution in [3.05, 3.63) is 143 Å². The predicted molar refractivity (Wildman–Crippen MR) is 162 cm³/mol. The van der Waals surface area contributed by atoms with Crippen molar-refractivity contribution in [2.75, 3.05) is 10.6 Å². The van der Waals surface area contributed by atoms with Gasteiger partial charge in [0, 0.05) is 22.5 Å². The summed E-state index contributed by atoms with van der Waals surface area (Å²) >= 11 is 0. The summed E-state index contributed by atoms with van der Waals surface area (Å²) in [5.41, 5.74) is 7.17. The molecule has 0 bridgehead atoms. The van der Waals surface area contributed by atoms with Gasteiger partial charge in [-0.15, -0.1) is 0 Å². The largest absolute Gasteiger partial charge is 0.322 e. The lowest BCUT2D eigenvalue weighted by Crippen LogP contribution is -2.12. The average Bonchev–Trinajstić information content (AvgIpc) is 2.86. The van der Waals surface area contributed by atoms with Crippen molar-refractivity contribution in [1.29, 1.82) is 0 Å². The van der Waals surface area contributed by atoms with E-state index in [0.29, 0.717) is 11.1 Å². The molecule has 0 aliphatic carbocycles. The number of carbonyl (C=O) groups excluding carboxylic acids is 2. The number of hydrogen-bond donors (Lipinski definition) is 2. The van der Waals surface area contributed by atoms with Gasteiger partial charge < -0.3 is 10.6 Å². The first kappa shape index (κ1) is 29.8. The quantitative estimate of drug-likeness (QED) is 0.251. The molecule has 0 saturated carbocycles. The third kappa shape index (κ3) is 11.5. The molecular formula is C34H38N2O2. The fourth-order valence-electron chi connectivity index (χ4n) is 3.27. The first-order valence-corrected chi connectivity index (χ1v) is 12.6. The van der Waals surface area contributed by atoms with Gasteiger partial charge in [0.05, 0.1) is 0 Å². The maximum atomic E-state index is 12.3. The summed E-state index contributed by atoms with van der Waals surface area (Å²) in [7, 11) is 0. The molecular weight excluding hydrogens is 468 g/mol. The Kier molecular flexibility index (Phi) is 12.2. The summed E-state index contributed by atoms with van der Waals surface area (Å²) in [6.07, 6.45) is 19.2. The van der Waals surface area contributed by atoms with Crippen LogP contribution in [-0.2, 0) is 9.59 Å². The van der Waals surface area contributed by atoms with Crippen molar-refractivity contribution >= 4 is 23.2 Å². The van der Waals surface area contributed by atoms with Gasteiger partial charge >= 0.3 is 0 Å². The molecule has 0 aliphatic rings. The topological polar surface area (TPSA) is 58.2 Å². The Bertz CT molecular complexity index is 1240. The van der Waals surface area contributed by atoms with Crippen molar-refractivity contribution in [3.63, 3.8) is 0 Å². The van der Waals surface area contributed by atoms with Gasteiger partial charge in [0.25, 0.3) is 11.8 Å². The number of carbonyl (C=O) groups is 2. The highest BCUT2D eigenvalue weighted by Gasteiger charge is 2.04. The smallest absolute Gasteiger partial charge is 0.251 e. The molecule has 0 aromatic heterocycles. The maximum Gasteiger partial charge on any atom is 0.251 e. The highest BCUT2D eigenvalue weighted by molar-refractivity contribution is 6.04. The minimum atomic E-state index is -0.118. The minimum Gasteiger partial charge on any atom is -0.322 e. The van der Waals surface area contributed by atoms with E-state index >= 15 is 0 Å². The molecule has 0 radical (unpaired) electrons. The van der Waals surface area contributed by atoms with Crippen LogP contribution in [0, 0.1) is 13.8 Å². The Morgan fingerprint density at radius 1 is 0.579 bits per heavy atom. The van der Waals surface area contributed by atoms with E-state index in [1.807, 2.05) is 125 Å². The second kappa shape index (κ2) is 15.6. The molecule has 0 spiro atoms. The van der Waals surface area contributed by atoms with Gasteiger partial charge in [-0.1, -0.05) is 96.2 Å². The third-order valence-electron chi connectivity index (χ3n) is 5.51. The molecule has 2 aromatic carbocycles. The molecule has 196 valence electrons. The summed E-state index contributed by atoms with van der Waals surface area (Å²) in [4.78, 5) is 24.7.